The van der Waals surface area contributed by atoms with Gasteiger partial charge in [0.25, 0.3) is 0 Å². The molecule has 2 rings (SSSR count). The van der Waals surface area contributed by atoms with E-state index in [1.807, 2.05) is 38.1 Å². The van der Waals surface area contributed by atoms with Crippen LogP contribution in [0.5, 0.6) is 0 Å². The van der Waals surface area contributed by atoms with E-state index in [2.05, 4.69) is 11.9 Å². The SMILES string of the molecule is C=CC[C@H](C(N)=O)[C@@H](CC(C)C)C(=O)NC1CCc2ccccc2N(C)C1=O. The van der Waals surface area contributed by atoms with E-state index < -0.39 is 23.8 Å². The molecular weight excluding hydrogens is 354 g/mol. The van der Waals surface area contributed by atoms with Crippen LogP contribution in [0, 0.1) is 17.8 Å². The van der Waals surface area contributed by atoms with Gasteiger partial charge >= 0.3 is 0 Å². The number of benzene rings is 1. The first-order valence-corrected chi connectivity index (χ1v) is 9.82. The van der Waals surface area contributed by atoms with Crippen molar-refractivity contribution in [1.82, 2.24) is 5.32 Å². The third kappa shape index (κ3) is 5.00. The molecule has 0 aliphatic carbocycles. The second-order valence-corrected chi connectivity index (χ2v) is 7.90. The van der Waals surface area contributed by atoms with Gasteiger partial charge in [0.2, 0.25) is 17.7 Å². The Morgan fingerprint density at radius 3 is 2.61 bits per heavy atom. The lowest BCUT2D eigenvalue weighted by Gasteiger charge is -2.28. The summed E-state index contributed by atoms with van der Waals surface area (Å²) in [5.74, 6) is -1.97. The molecule has 1 aliphatic heterocycles. The van der Waals surface area contributed by atoms with Gasteiger partial charge < -0.3 is 16.0 Å². The van der Waals surface area contributed by atoms with E-state index in [-0.39, 0.29) is 17.7 Å². The van der Waals surface area contributed by atoms with Crippen molar-refractivity contribution in [3.63, 3.8) is 0 Å². The van der Waals surface area contributed by atoms with Gasteiger partial charge in [-0.05, 0) is 43.2 Å². The minimum absolute atomic E-state index is 0.152. The van der Waals surface area contributed by atoms with Crippen molar-refractivity contribution >= 4 is 23.4 Å². The summed E-state index contributed by atoms with van der Waals surface area (Å²) in [4.78, 5) is 39.5. The summed E-state index contributed by atoms with van der Waals surface area (Å²) in [6, 6.07) is 7.12. The van der Waals surface area contributed by atoms with E-state index in [1.54, 1.807) is 18.0 Å². The summed E-state index contributed by atoms with van der Waals surface area (Å²) >= 11 is 0. The summed E-state index contributed by atoms with van der Waals surface area (Å²) in [5.41, 5.74) is 7.50. The van der Waals surface area contributed by atoms with Crippen LogP contribution >= 0.6 is 0 Å². The molecule has 28 heavy (non-hydrogen) atoms. The number of hydrogen-bond donors (Lipinski definition) is 2. The Balaban J connectivity index is 2.21. The van der Waals surface area contributed by atoms with Gasteiger partial charge in [0.05, 0.1) is 11.8 Å². The second-order valence-electron chi connectivity index (χ2n) is 7.90. The van der Waals surface area contributed by atoms with Crippen LogP contribution in [0.1, 0.15) is 38.7 Å². The topological polar surface area (TPSA) is 92.5 Å². The molecule has 6 nitrogen and oxygen atoms in total. The van der Waals surface area contributed by atoms with Crippen molar-refractivity contribution in [1.29, 1.82) is 0 Å². The molecule has 1 unspecified atom stereocenters. The minimum Gasteiger partial charge on any atom is -0.369 e. The van der Waals surface area contributed by atoms with E-state index in [0.29, 0.717) is 25.7 Å². The molecule has 0 saturated carbocycles. The Morgan fingerprint density at radius 1 is 1.32 bits per heavy atom. The second kappa shape index (κ2) is 9.53. The third-order valence-corrected chi connectivity index (χ3v) is 5.33. The van der Waals surface area contributed by atoms with Crippen LogP contribution in [-0.2, 0) is 20.8 Å². The van der Waals surface area contributed by atoms with Gasteiger partial charge in [0.15, 0.2) is 0 Å². The average Bonchev–Trinajstić information content (AvgIpc) is 2.76. The van der Waals surface area contributed by atoms with Crippen molar-refractivity contribution in [2.45, 2.75) is 45.6 Å². The molecule has 0 radical (unpaired) electrons. The fraction of sp³-hybridized carbons (Fsp3) is 0.500. The largest absolute Gasteiger partial charge is 0.369 e. The number of rotatable bonds is 8. The van der Waals surface area contributed by atoms with Crippen molar-refractivity contribution in [3.8, 4) is 0 Å². The Labute approximate surface area is 167 Å². The van der Waals surface area contributed by atoms with Gasteiger partial charge in [0.1, 0.15) is 6.04 Å². The van der Waals surface area contributed by atoms with Gasteiger partial charge in [0, 0.05) is 12.7 Å². The lowest BCUT2D eigenvalue weighted by atomic mass is 9.82. The Hall–Kier alpha value is -2.63. The van der Waals surface area contributed by atoms with Crippen LogP contribution in [0.3, 0.4) is 0 Å². The van der Waals surface area contributed by atoms with Gasteiger partial charge in [-0.2, -0.15) is 0 Å². The maximum atomic E-state index is 13.1. The van der Waals surface area contributed by atoms with Crippen LogP contribution in [0.15, 0.2) is 36.9 Å². The maximum Gasteiger partial charge on any atom is 0.249 e. The summed E-state index contributed by atoms with van der Waals surface area (Å²) in [7, 11) is 1.72. The van der Waals surface area contributed by atoms with E-state index in [1.165, 1.54) is 0 Å². The molecule has 6 heteroatoms. The predicted molar refractivity (Wildman–Crippen MR) is 111 cm³/mol. The van der Waals surface area contributed by atoms with Crippen LogP contribution in [0.2, 0.25) is 0 Å². The number of likely N-dealkylation sites (N-methyl/N-ethyl adjacent to an activating group) is 1. The van der Waals surface area contributed by atoms with Gasteiger partial charge in [-0.25, -0.2) is 0 Å². The lowest BCUT2D eigenvalue weighted by Crippen LogP contribution is -2.50. The molecule has 3 amide bonds. The van der Waals surface area contributed by atoms with Crippen molar-refractivity contribution < 1.29 is 14.4 Å². The number of nitrogens with two attached hydrogens (primary N) is 1. The summed E-state index contributed by atoms with van der Waals surface area (Å²) in [6.07, 6.45) is 3.67. The number of carbonyl (C=O) groups excluding carboxylic acids is 3. The number of hydrogen-bond acceptors (Lipinski definition) is 3. The van der Waals surface area contributed by atoms with Crippen LogP contribution in [0.25, 0.3) is 0 Å². The maximum absolute atomic E-state index is 13.1. The number of fused-ring (bicyclic) bond motifs is 1. The zero-order valence-electron chi connectivity index (χ0n) is 17.0. The van der Waals surface area contributed by atoms with E-state index in [0.717, 1.165) is 11.3 Å². The van der Waals surface area contributed by atoms with Crippen molar-refractivity contribution in [3.05, 3.63) is 42.5 Å². The van der Waals surface area contributed by atoms with Crippen molar-refractivity contribution in [2.24, 2.45) is 23.5 Å². The highest BCUT2D eigenvalue weighted by Gasteiger charge is 2.35. The zero-order chi connectivity index (χ0) is 20.8. The number of nitrogens with one attached hydrogen (secondary N) is 1. The molecule has 0 aromatic heterocycles. The first-order chi connectivity index (χ1) is 13.3. The highest BCUT2D eigenvalue weighted by atomic mass is 16.2. The van der Waals surface area contributed by atoms with E-state index >= 15 is 0 Å². The molecule has 1 aromatic carbocycles. The first kappa shape index (κ1) is 21.7. The molecule has 1 aliphatic rings. The molecule has 3 atom stereocenters. The quantitative estimate of drug-likeness (QED) is 0.673. The van der Waals surface area contributed by atoms with E-state index in [9.17, 15) is 14.4 Å². The number of amides is 3. The Kier molecular flexibility index (Phi) is 7.38. The van der Waals surface area contributed by atoms with Gasteiger partial charge in [-0.1, -0.05) is 38.1 Å². The summed E-state index contributed by atoms with van der Waals surface area (Å²) < 4.78 is 0. The molecule has 0 saturated heterocycles. The normalized spacial score (nSPS) is 18.8. The number of nitrogens with zero attached hydrogens (tertiary/aromatic N) is 1. The molecule has 1 aromatic rings. The van der Waals surface area contributed by atoms with Crippen LogP contribution < -0.4 is 16.0 Å². The predicted octanol–water partition coefficient (Wildman–Crippen LogP) is 2.42. The standard InChI is InChI=1S/C22H31N3O3/c1-5-8-16(20(23)26)17(13-14(2)3)21(27)24-18-12-11-15-9-6-7-10-19(15)25(4)22(18)28/h5-7,9-10,14,16-18H,1,8,11-13H2,2-4H3,(H2,23,26)(H,24,27)/t16-,17+,18?/m0/s1. The highest BCUT2D eigenvalue weighted by molar-refractivity contribution is 6.00. The molecule has 1 heterocycles. The number of primary amides is 1. The zero-order valence-corrected chi connectivity index (χ0v) is 17.0. The average molecular weight is 386 g/mol. The molecule has 0 spiro atoms. The summed E-state index contributed by atoms with van der Waals surface area (Å²) in [6.45, 7) is 7.66. The lowest BCUT2D eigenvalue weighted by molar-refractivity contribution is -0.135. The fourth-order valence-electron chi connectivity index (χ4n) is 3.86. The molecule has 3 N–H and O–H groups in total. The summed E-state index contributed by atoms with van der Waals surface area (Å²) in [5, 5.41) is 2.90. The number of anilines is 1. The van der Waals surface area contributed by atoms with Crippen LogP contribution in [-0.4, -0.2) is 30.8 Å². The molecule has 0 fully saturated rings. The Morgan fingerprint density at radius 2 is 2.00 bits per heavy atom. The molecule has 152 valence electrons. The number of carbonyl (C=O) groups is 3. The van der Waals surface area contributed by atoms with Gasteiger partial charge in [-0.15, -0.1) is 6.58 Å². The molecular formula is C22H31N3O3. The van der Waals surface area contributed by atoms with Crippen molar-refractivity contribution in [2.75, 3.05) is 11.9 Å². The number of allylic oxidation sites excluding steroid dienone is 1. The van der Waals surface area contributed by atoms with E-state index in [4.69, 9.17) is 5.73 Å². The Bertz CT molecular complexity index is 744. The fourth-order valence-corrected chi connectivity index (χ4v) is 3.86. The monoisotopic (exact) mass is 385 g/mol. The van der Waals surface area contributed by atoms with Crippen LogP contribution in [0.4, 0.5) is 5.69 Å². The first-order valence-electron chi connectivity index (χ1n) is 9.82. The van der Waals surface area contributed by atoms with Gasteiger partial charge in [-0.3, -0.25) is 14.4 Å². The minimum atomic E-state index is -0.629. The smallest absolute Gasteiger partial charge is 0.249 e. The highest BCUT2D eigenvalue weighted by Crippen LogP contribution is 2.28. The molecule has 0 bridgehead atoms. The third-order valence-electron chi connectivity index (χ3n) is 5.33. The number of para-hydroxylation sites is 1. The number of aryl methyl sites for hydroxylation is 1.